The van der Waals surface area contributed by atoms with Crippen molar-refractivity contribution in [2.75, 3.05) is 13.6 Å². The van der Waals surface area contributed by atoms with Crippen molar-refractivity contribution >= 4 is 24.6 Å². The van der Waals surface area contributed by atoms with Gasteiger partial charge in [-0.05, 0) is 6.92 Å². The van der Waals surface area contributed by atoms with E-state index >= 15 is 0 Å². The second kappa shape index (κ2) is 2.73. The molecule has 62 valence electrons. The number of nitrogens with zero attached hydrogens (tertiary/aromatic N) is 2. The van der Waals surface area contributed by atoms with Crippen molar-refractivity contribution in [2.24, 2.45) is 0 Å². The van der Waals surface area contributed by atoms with Gasteiger partial charge in [-0.3, -0.25) is 9.69 Å². The summed E-state index contributed by atoms with van der Waals surface area (Å²) in [6.45, 7) is 2.18. The smallest absolute Gasteiger partial charge is 0.307 e. The van der Waals surface area contributed by atoms with Crippen LogP contribution in [0.2, 0.25) is 0 Å². The first-order chi connectivity index (χ1) is 5.09. The molecule has 4 nitrogen and oxygen atoms in total. The molecule has 1 unspecified atom stereocenters. The molecule has 11 heavy (non-hydrogen) atoms. The van der Waals surface area contributed by atoms with Gasteiger partial charge in [-0.15, -0.1) is 12.6 Å². The quantitative estimate of drug-likeness (QED) is 0.454. The lowest BCUT2D eigenvalue weighted by molar-refractivity contribution is -0.125. The summed E-state index contributed by atoms with van der Waals surface area (Å²) >= 11 is 3.97. The van der Waals surface area contributed by atoms with Crippen molar-refractivity contribution in [2.45, 2.75) is 12.3 Å². The van der Waals surface area contributed by atoms with E-state index in [0.717, 1.165) is 0 Å². The van der Waals surface area contributed by atoms with Crippen LogP contribution in [0.25, 0.3) is 0 Å². The fraction of sp³-hybridized carbons (Fsp3) is 0.667. The zero-order valence-corrected chi connectivity index (χ0v) is 7.34. The number of hydrogen-bond acceptors (Lipinski definition) is 3. The van der Waals surface area contributed by atoms with E-state index in [-0.39, 0.29) is 11.9 Å². The molecule has 1 saturated heterocycles. The lowest BCUT2D eigenvalue weighted by Crippen LogP contribution is -2.31. The van der Waals surface area contributed by atoms with Crippen molar-refractivity contribution in [3.05, 3.63) is 0 Å². The van der Waals surface area contributed by atoms with Gasteiger partial charge in [0, 0.05) is 13.6 Å². The number of rotatable bonds is 1. The molecule has 5 heteroatoms. The number of imide groups is 1. The minimum atomic E-state index is -0.595. The molecule has 3 amide bonds. The second-order valence-corrected chi connectivity index (χ2v) is 2.84. The van der Waals surface area contributed by atoms with Gasteiger partial charge in [0.2, 0.25) is 0 Å². The minimum Gasteiger partial charge on any atom is -0.307 e. The highest BCUT2D eigenvalue weighted by molar-refractivity contribution is 7.81. The van der Waals surface area contributed by atoms with Crippen LogP contribution in [0.4, 0.5) is 4.79 Å². The molecule has 1 aliphatic rings. The molecule has 0 radical (unpaired) electrons. The molecule has 1 fully saturated rings. The number of thiol groups is 1. The van der Waals surface area contributed by atoms with Gasteiger partial charge in [-0.2, -0.15) is 0 Å². The molecule has 0 saturated carbocycles. The number of likely N-dealkylation sites (N-methyl/N-ethyl adjacent to an activating group) is 2. The highest BCUT2D eigenvalue weighted by atomic mass is 32.1. The van der Waals surface area contributed by atoms with E-state index in [1.807, 2.05) is 0 Å². The molecule has 0 aromatic heterocycles. The summed E-state index contributed by atoms with van der Waals surface area (Å²) in [5.41, 5.74) is 0. The predicted octanol–water partition coefficient (Wildman–Crippen LogP) is 0.156. The van der Waals surface area contributed by atoms with Crippen LogP contribution in [0.1, 0.15) is 6.92 Å². The van der Waals surface area contributed by atoms with Crippen LogP contribution in [0.15, 0.2) is 0 Å². The molecular weight excluding hydrogens is 164 g/mol. The Balaban J connectivity index is 2.86. The third-order valence-corrected chi connectivity index (χ3v) is 2.27. The molecule has 1 heterocycles. The summed E-state index contributed by atoms with van der Waals surface area (Å²) in [7, 11) is 1.56. The maximum absolute atomic E-state index is 11.1. The third-order valence-electron chi connectivity index (χ3n) is 1.70. The van der Waals surface area contributed by atoms with Gasteiger partial charge in [0.15, 0.2) is 5.37 Å². The molecule has 1 rings (SSSR count). The molecule has 0 aromatic carbocycles. The zero-order chi connectivity index (χ0) is 8.59. The van der Waals surface area contributed by atoms with Crippen LogP contribution in [0.5, 0.6) is 0 Å². The predicted molar refractivity (Wildman–Crippen MR) is 43.3 cm³/mol. The Morgan fingerprint density at radius 1 is 1.55 bits per heavy atom. The highest BCUT2D eigenvalue weighted by Gasteiger charge is 2.39. The molecule has 0 N–H and O–H groups in total. The number of carbonyl (C=O) groups excluding carboxylic acids is 2. The largest absolute Gasteiger partial charge is 0.327 e. The van der Waals surface area contributed by atoms with E-state index in [4.69, 9.17) is 0 Å². The van der Waals surface area contributed by atoms with Gasteiger partial charge >= 0.3 is 6.03 Å². The molecule has 0 spiro atoms. The van der Waals surface area contributed by atoms with E-state index in [2.05, 4.69) is 12.6 Å². The fourth-order valence-electron chi connectivity index (χ4n) is 0.985. The van der Waals surface area contributed by atoms with Crippen LogP contribution in [0.3, 0.4) is 0 Å². The van der Waals surface area contributed by atoms with E-state index in [1.54, 1.807) is 14.0 Å². The first-order valence-electron chi connectivity index (χ1n) is 3.35. The van der Waals surface area contributed by atoms with E-state index in [1.165, 1.54) is 9.80 Å². The average Bonchev–Trinajstić information content (AvgIpc) is 2.17. The zero-order valence-electron chi connectivity index (χ0n) is 6.44. The van der Waals surface area contributed by atoms with Crippen LogP contribution in [-0.4, -0.2) is 40.7 Å². The Bertz CT molecular complexity index is 187. The van der Waals surface area contributed by atoms with Gasteiger partial charge in [-0.1, -0.05) is 0 Å². The monoisotopic (exact) mass is 174 g/mol. The Morgan fingerprint density at radius 3 is 2.27 bits per heavy atom. The number of urea groups is 1. The maximum Gasteiger partial charge on any atom is 0.327 e. The fourth-order valence-corrected chi connectivity index (χ4v) is 1.22. The minimum absolute atomic E-state index is 0.233. The average molecular weight is 174 g/mol. The lowest BCUT2D eigenvalue weighted by atomic mass is 10.5. The number of hydrogen-bond donors (Lipinski definition) is 1. The van der Waals surface area contributed by atoms with Crippen molar-refractivity contribution in [3.63, 3.8) is 0 Å². The normalized spacial score (nSPS) is 25.2. The van der Waals surface area contributed by atoms with E-state index in [9.17, 15) is 9.59 Å². The van der Waals surface area contributed by atoms with Crippen LogP contribution in [0, 0.1) is 0 Å². The Kier molecular flexibility index (Phi) is 2.08. The molecule has 0 aliphatic carbocycles. The Labute approximate surface area is 70.6 Å². The van der Waals surface area contributed by atoms with Gasteiger partial charge < -0.3 is 4.90 Å². The SMILES string of the molecule is CCN1C(=O)C(S)N(C)C1=O. The van der Waals surface area contributed by atoms with Crippen LogP contribution < -0.4 is 0 Å². The standard InChI is InChI=1S/C6H10N2O2S/c1-3-8-4(9)5(11)7(2)6(8)10/h5,11H,3H2,1-2H3. The van der Waals surface area contributed by atoms with Crippen molar-refractivity contribution in [1.29, 1.82) is 0 Å². The highest BCUT2D eigenvalue weighted by Crippen LogP contribution is 2.17. The van der Waals surface area contributed by atoms with Gasteiger partial charge in [0.25, 0.3) is 5.91 Å². The molecular formula is C6H10N2O2S. The van der Waals surface area contributed by atoms with Gasteiger partial charge in [-0.25, -0.2) is 4.79 Å². The summed E-state index contributed by atoms with van der Waals surface area (Å²) < 4.78 is 0. The Hall–Kier alpha value is -0.710. The van der Waals surface area contributed by atoms with Crippen molar-refractivity contribution in [3.8, 4) is 0 Å². The maximum atomic E-state index is 11.1. The first kappa shape index (κ1) is 8.39. The van der Waals surface area contributed by atoms with Crippen molar-refractivity contribution in [1.82, 2.24) is 9.80 Å². The third kappa shape index (κ3) is 1.09. The van der Waals surface area contributed by atoms with Crippen molar-refractivity contribution < 1.29 is 9.59 Å². The summed E-state index contributed by atoms with van der Waals surface area (Å²) in [6, 6.07) is -0.266. The summed E-state index contributed by atoms with van der Waals surface area (Å²) in [6.07, 6.45) is 0. The summed E-state index contributed by atoms with van der Waals surface area (Å²) in [4.78, 5) is 24.8. The van der Waals surface area contributed by atoms with E-state index in [0.29, 0.717) is 6.54 Å². The number of amides is 3. The van der Waals surface area contributed by atoms with Crippen LogP contribution >= 0.6 is 12.6 Å². The molecule has 0 aromatic rings. The topological polar surface area (TPSA) is 40.6 Å². The summed E-state index contributed by atoms with van der Waals surface area (Å²) in [5.74, 6) is -0.233. The van der Waals surface area contributed by atoms with Crippen LogP contribution in [-0.2, 0) is 4.79 Å². The first-order valence-corrected chi connectivity index (χ1v) is 3.87. The lowest BCUT2D eigenvalue weighted by Gasteiger charge is -2.10. The molecule has 0 bridgehead atoms. The summed E-state index contributed by atoms with van der Waals surface area (Å²) in [5, 5.41) is -0.595. The molecule has 1 aliphatic heterocycles. The number of carbonyl (C=O) groups is 2. The van der Waals surface area contributed by atoms with Gasteiger partial charge in [0.05, 0.1) is 0 Å². The van der Waals surface area contributed by atoms with E-state index < -0.39 is 5.37 Å². The van der Waals surface area contributed by atoms with Gasteiger partial charge in [0.1, 0.15) is 0 Å². The second-order valence-electron chi connectivity index (χ2n) is 2.35. The molecule has 1 atom stereocenters. The Morgan fingerprint density at radius 2 is 2.09 bits per heavy atom.